The maximum atomic E-state index is 12.5. The molecule has 0 unspecified atom stereocenters. The van der Waals surface area contributed by atoms with E-state index in [1.54, 1.807) is 12.1 Å². The van der Waals surface area contributed by atoms with E-state index in [1.807, 2.05) is 0 Å². The van der Waals surface area contributed by atoms with Gasteiger partial charge < -0.3 is 0 Å². The highest BCUT2D eigenvalue weighted by Gasteiger charge is 1.97. The molecule has 0 nitrogen and oxygen atoms in total. The molecule has 0 heterocycles. The Morgan fingerprint density at radius 3 is 2.64 bits per heavy atom. The Labute approximate surface area is 74.2 Å². The monoisotopic (exact) mass is 190 g/mol. The summed E-state index contributed by atoms with van der Waals surface area (Å²) in [6.45, 7) is 0. The third-order valence-corrected chi connectivity index (χ3v) is 1.61. The molecule has 1 aromatic rings. The third-order valence-electron chi connectivity index (χ3n) is 1.20. The van der Waals surface area contributed by atoms with Crippen LogP contribution < -0.4 is 0 Å². The predicted molar refractivity (Wildman–Crippen MR) is 46.3 cm³/mol. The average molecular weight is 191 g/mol. The largest absolute Gasteiger partial charge is 0.205 e. The van der Waals surface area contributed by atoms with Gasteiger partial charge in [0.2, 0.25) is 0 Å². The Kier molecular flexibility index (Phi) is 2.92. The summed E-state index contributed by atoms with van der Waals surface area (Å²) in [4.78, 5) is 0. The second-order valence-electron chi connectivity index (χ2n) is 1.97. The Morgan fingerprint density at radius 1 is 1.36 bits per heavy atom. The maximum Gasteiger partial charge on any atom is 0.141 e. The SMILES string of the molecule is Fc1ccc(C=CCl)cc1Cl. The molecule has 0 aromatic heterocycles. The zero-order valence-electron chi connectivity index (χ0n) is 5.52. The molecule has 3 heteroatoms. The molecule has 0 spiro atoms. The lowest BCUT2D eigenvalue weighted by Crippen LogP contribution is -1.77. The molecule has 0 atom stereocenters. The second-order valence-corrected chi connectivity index (χ2v) is 2.63. The normalized spacial score (nSPS) is 10.8. The molecule has 0 fully saturated rings. The zero-order valence-corrected chi connectivity index (χ0v) is 7.03. The lowest BCUT2D eigenvalue weighted by Gasteiger charge is -1.94. The molecule has 1 rings (SSSR count). The zero-order chi connectivity index (χ0) is 8.27. The summed E-state index contributed by atoms with van der Waals surface area (Å²) in [7, 11) is 0. The van der Waals surface area contributed by atoms with Crippen LogP contribution >= 0.6 is 23.2 Å². The molecule has 0 saturated heterocycles. The molecule has 58 valence electrons. The van der Waals surface area contributed by atoms with E-state index < -0.39 is 5.82 Å². The molecule has 0 radical (unpaired) electrons. The molecule has 0 amide bonds. The highest BCUT2D eigenvalue weighted by molar-refractivity contribution is 6.31. The van der Waals surface area contributed by atoms with Crippen LogP contribution in [0.4, 0.5) is 4.39 Å². The molecule has 1 aromatic carbocycles. The van der Waals surface area contributed by atoms with Gasteiger partial charge in [0.25, 0.3) is 0 Å². The van der Waals surface area contributed by atoms with Crippen LogP contribution in [0.25, 0.3) is 6.08 Å². The van der Waals surface area contributed by atoms with Crippen LogP contribution in [0.2, 0.25) is 5.02 Å². The third kappa shape index (κ3) is 2.21. The molecule has 0 aliphatic rings. The molecule has 0 aliphatic heterocycles. The van der Waals surface area contributed by atoms with Crippen molar-refractivity contribution in [2.75, 3.05) is 0 Å². The van der Waals surface area contributed by atoms with E-state index in [0.717, 1.165) is 5.56 Å². The van der Waals surface area contributed by atoms with Gasteiger partial charge in [0.15, 0.2) is 0 Å². The van der Waals surface area contributed by atoms with Crippen molar-refractivity contribution in [1.29, 1.82) is 0 Å². The van der Waals surface area contributed by atoms with Crippen molar-refractivity contribution in [1.82, 2.24) is 0 Å². The second kappa shape index (κ2) is 3.74. The van der Waals surface area contributed by atoms with E-state index in [4.69, 9.17) is 23.2 Å². The van der Waals surface area contributed by atoms with Gasteiger partial charge in [0.05, 0.1) is 5.02 Å². The number of halogens is 3. The quantitative estimate of drug-likeness (QED) is 0.634. The number of benzene rings is 1. The first-order valence-corrected chi connectivity index (χ1v) is 3.77. The van der Waals surface area contributed by atoms with Gasteiger partial charge in [-0.05, 0) is 23.8 Å². The number of hydrogen-bond acceptors (Lipinski definition) is 0. The Hall–Kier alpha value is -0.530. The fraction of sp³-hybridized carbons (Fsp3) is 0. The topological polar surface area (TPSA) is 0 Å². The summed E-state index contributed by atoms with van der Waals surface area (Å²) in [6.07, 6.45) is 1.63. The molecule has 0 bridgehead atoms. The molecular formula is C8H5Cl2F. The highest BCUT2D eigenvalue weighted by Crippen LogP contribution is 2.16. The minimum atomic E-state index is -0.418. The Bertz CT molecular complexity index is 281. The van der Waals surface area contributed by atoms with E-state index in [0.29, 0.717) is 0 Å². The lowest BCUT2D eigenvalue weighted by molar-refractivity contribution is 0.628. The van der Waals surface area contributed by atoms with Gasteiger partial charge in [-0.1, -0.05) is 29.3 Å². The van der Waals surface area contributed by atoms with E-state index >= 15 is 0 Å². The number of hydrogen-bond donors (Lipinski definition) is 0. The van der Waals surface area contributed by atoms with Gasteiger partial charge in [-0.2, -0.15) is 0 Å². The van der Waals surface area contributed by atoms with Crippen molar-refractivity contribution >= 4 is 29.3 Å². The number of rotatable bonds is 1. The molecule has 11 heavy (non-hydrogen) atoms. The van der Waals surface area contributed by atoms with E-state index in [9.17, 15) is 4.39 Å². The Balaban J connectivity index is 3.05. The predicted octanol–water partition coefficient (Wildman–Crippen LogP) is 3.69. The van der Waals surface area contributed by atoms with Crippen molar-refractivity contribution in [2.45, 2.75) is 0 Å². The fourth-order valence-electron chi connectivity index (χ4n) is 0.689. The van der Waals surface area contributed by atoms with Crippen LogP contribution in [0.15, 0.2) is 23.7 Å². The summed E-state index contributed by atoms with van der Waals surface area (Å²) in [5.41, 5.74) is 2.13. The van der Waals surface area contributed by atoms with E-state index in [1.165, 1.54) is 17.7 Å². The summed E-state index contributed by atoms with van der Waals surface area (Å²) in [5.74, 6) is -0.418. The van der Waals surface area contributed by atoms with E-state index in [-0.39, 0.29) is 5.02 Å². The van der Waals surface area contributed by atoms with Gasteiger partial charge >= 0.3 is 0 Å². The van der Waals surface area contributed by atoms with Crippen LogP contribution in [-0.4, -0.2) is 0 Å². The van der Waals surface area contributed by atoms with Gasteiger partial charge in [0.1, 0.15) is 5.82 Å². The van der Waals surface area contributed by atoms with Crippen molar-refractivity contribution in [3.63, 3.8) is 0 Å². The first-order chi connectivity index (χ1) is 5.24. The minimum Gasteiger partial charge on any atom is -0.205 e. The summed E-state index contributed by atoms with van der Waals surface area (Å²) in [5, 5.41) is 0.109. The molecule has 0 saturated carbocycles. The standard InChI is InChI=1S/C8H5Cl2F/c9-4-3-6-1-2-8(11)7(10)5-6/h1-5H. The Morgan fingerprint density at radius 2 is 2.09 bits per heavy atom. The van der Waals surface area contributed by atoms with Crippen LogP contribution in [0, 0.1) is 5.82 Å². The van der Waals surface area contributed by atoms with Crippen LogP contribution in [0.3, 0.4) is 0 Å². The first-order valence-electron chi connectivity index (χ1n) is 2.96. The van der Waals surface area contributed by atoms with Gasteiger partial charge in [0, 0.05) is 5.54 Å². The molecular weight excluding hydrogens is 186 g/mol. The fourth-order valence-corrected chi connectivity index (χ4v) is 1.02. The first kappa shape index (κ1) is 8.57. The van der Waals surface area contributed by atoms with Crippen LogP contribution in [0.5, 0.6) is 0 Å². The van der Waals surface area contributed by atoms with Crippen molar-refractivity contribution in [3.05, 3.63) is 40.1 Å². The van der Waals surface area contributed by atoms with Crippen molar-refractivity contribution < 1.29 is 4.39 Å². The van der Waals surface area contributed by atoms with Crippen molar-refractivity contribution in [2.24, 2.45) is 0 Å². The minimum absolute atomic E-state index is 0.109. The van der Waals surface area contributed by atoms with Gasteiger partial charge in [-0.25, -0.2) is 4.39 Å². The summed E-state index contributed by atoms with van der Waals surface area (Å²) < 4.78 is 12.5. The summed E-state index contributed by atoms with van der Waals surface area (Å²) in [6, 6.07) is 4.41. The maximum absolute atomic E-state index is 12.5. The molecule has 0 N–H and O–H groups in total. The van der Waals surface area contributed by atoms with Crippen molar-refractivity contribution in [3.8, 4) is 0 Å². The van der Waals surface area contributed by atoms with Crippen LogP contribution in [-0.2, 0) is 0 Å². The molecule has 0 aliphatic carbocycles. The van der Waals surface area contributed by atoms with Gasteiger partial charge in [-0.3, -0.25) is 0 Å². The average Bonchev–Trinajstić information content (AvgIpc) is 1.98. The lowest BCUT2D eigenvalue weighted by atomic mass is 10.2. The highest BCUT2D eigenvalue weighted by atomic mass is 35.5. The van der Waals surface area contributed by atoms with Crippen LogP contribution in [0.1, 0.15) is 5.56 Å². The van der Waals surface area contributed by atoms with E-state index in [2.05, 4.69) is 0 Å². The smallest absolute Gasteiger partial charge is 0.141 e. The summed E-state index contributed by atoms with van der Waals surface area (Å²) >= 11 is 10.8. The van der Waals surface area contributed by atoms with Gasteiger partial charge in [-0.15, -0.1) is 0 Å².